The summed E-state index contributed by atoms with van der Waals surface area (Å²) in [4.78, 5) is 6.95. The third-order valence-corrected chi connectivity index (χ3v) is 8.24. The van der Waals surface area contributed by atoms with Crippen LogP contribution in [0.1, 0.15) is 38.4 Å². The highest BCUT2D eigenvalue weighted by atomic mass is 31.2. The van der Waals surface area contributed by atoms with E-state index in [0.717, 1.165) is 48.1 Å². The normalized spacial score (nSPS) is 26.2. The molecule has 3 saturated heterocycles. The molecule has 1 aromatic heterocycles. The largest absolute Gasteiger partial charge is 0.497 e. The minimum absolute atomic E-state index is 0.0518. The van der Waals surface area contributed by atoms with Crippen LogP contribution in [0.2, 0.25) is 0 Å². The van der Waals surface area contributed by atoms with Crippen LogP contribution in [0.4, 0.5) is 0 Å². The first-order valence-electron chi connectivity index (χ1n) is 11.4. The first kappa shape index (κ1) is 23.4. The third kappa shape index (κ3) is 4.63. The lowest BCUT2D eigenvalue weighted by Gasteiger charge is -2.51. The fourth-order valence-electron chi connectivity index (χ4n) is 5.10. The van der Waals surface area contributed by atoms with Crippen molar-refractivity contribution in [1.82, 2.24) is 9.88 Å². The highest BCUT2D eigenvalue weighted by molar-refractivity contribution is 7.48. The van der Waals surface area contributed by atoms with E-state index in [1.54, 1.807) is 27.2 Å². The molecule has 0 spiro atoms. The van der Waals surface area contributed by atoms with Gasteiger partial charge in [0.15, 0.2) is 0 Å². The van der Waals surface area contributed by atoms with Crippen molar-refractivity contribution in [2.24, 2.45) is 11.8 Å². The fraction of sp³-hybridized carbons (Fsp3) is 0.542. The lowest BCUT2D eigenvalue weighted by Crippen LogP contribution is -2.55. The maximum Gasteiger partial charge on any atom is 0.475 e. The molecule has 4 heterocycles. The van der Waals surface area contributed by atoms with Gasteiger partial charge in [0.2, 0.25) is 0 Å². The topological polar surface area (TPSA) is 70.1 Å². The number of piperidine rings is 3. The van der Waals surface area contributed by atoms with Gasteiger partial charge in [-0.15, -0.1) is 6.58 Å². The highest BCUT2D eigenvalue weighted by Crippen LogP contribution is 2.56. The molecule has 174 valence electrons. The third-order valence-electron chi connectivity index (χ3n) is 6.61. The molecular formula is C24H33N2O5P. The highest BCUT2D eigenvalue weighted by Gasteiger charge is 2.46. The number of hydrogen-bond donors (Lipinski definition) is 0. The van der Waals surface area contributed by atoms with Gasteiger partial charge < -0.3 is 4.74 Å². The number of phosphoric ester groups is 1. The molecule has 7 nitrogen and oxygen atoms in total. The second-order valence-corrected chi connectivity index (χ2v) is 9.96. The Balaban J connectivity index is 1.79. The van der Waals surface area contributed by atoms with Gasteiger partial charge in [-0.2, -0.15) is 0 Å². The van der Waals surface area contributed by atoms with Gasteiger partial charge in [-0.05, 0) is 74.9 Å². The molecule has 3 fully saturated rings. The average Bonchev–Trinajstić information content (AvgIpc) is 2.82. The van der Waals surface area contributed by atoms with Crippen molar-refractivity contribution in [3.05, 3.63) is 48.7 Å². The molecule has 0 aliphatic carbocycles. The summed E-state index contributed by atoms with van der Waals surface area (Å²) >= 11 is 0. The molecule has 0 N–H and O–H groups in total. The molecule has 1 aromatic carbocycles. The number of pyridine rings is 1. The van der Waals surface area contributed by atoms with E-state index in [4.69, 9.17) is 18.3 Å². The standard InChI is InChI=1S/C24H33N2O5P/c1-5-17-16-26-13-11-18(17)14-23(26)24(31-32(27,29-6-2)30-7-3)20-10-12-25-22-9-8-19(28-4)15-21(20)22/h5,8-10,12,15,17-18,23-24H,1,6-7,11,13-14,16H2,2-4H3/t17?,18?,23?,24-/m1/s1. The molecule has 32 heavy (non-hydrogen) atoms. The number of nitrogens with zero attached hydrogens (tertiary/aromatic N) is 2. The smallest absolute Gasteiger partial charge is 0.475 e. The van der Waals surface area contributed by atoms with Crippen LogP contribution in [0.5, 0.6) is 5.75 Å². The van der Waals surface area contributed by atoms with Gasteiger partial charge in [-0.3, -0.25) is 23.5 Å². The number of phosphoric acid groups is 1. The number of hydrogen-bond acceptors (Lipinski definition) is 7. The molecule has 5 rings (SSSR count). The van der Waals surface area contributed by atoms with Crippen LogP contribution in [-0.4, -0.2) is 49.3 Å². The van der Waals surface area contributed by atoms with E-state index in [0.29, 0.717) is 11.8 Å². The number of methoxy groups -OCH3 is 1. The predicted octanol–water partition coefficient (Wildman–Crippen LogP) is 5.38. The second kappa shape index (κ2) is 10.0. The SMILES string of the molecule is C=CC1CN2CCC1CC2[C@H](OP(=O)(OCC)OCC)c1ccnc2ccc(OC)cc12. The van der Waals surface area contributed by atoms with Gasteiger partial charge >= 0.3 is 7.82 Å². The summed E-state index contributed by atoms with van der Waals surface area (Å²) in [5.74, 6) is 1.75. The number of aromatic nitrogens is 1. The Morgan fingerprint density at radius 3 is 2.69 bits per heavy atom. The van der Waals surface area contributed by atoms with E-state index >= 15 is 0 Å². The van der Waals surface area contributed by atoms with E-state index in [2.05, 4.69) is 22.5 Å². The molecule has 8 heteroatoms. The summed E-state index contributed by atoms with van der Waals surface area (Å²) in [6.07, 6.45) is 5.42. The summed E-state index contributed by atoms with van der Waals surface area (Å²) in [6, 6.07) is 7.78. The number of benzene rings is 1. The molecule has 4 unspecified atom stereocenters. The summed E-state index contributed by atoms with van der Waals surface area (Å²) < 4.78 is 36.3. The van der Waals surface area contributed by atoms with E-state index < -0.39 is 13.9 Å². The summed E-state index contributed by atoms with van der Waals surface area (Å²) in [6.45, 7) is 10.0. The van der Waals surface area contributed by atoms with Crippen molar-refractivity contribution < 1.29 is 22.9 Å². The lowest BCUT2D eigenvalue weighted by atomic mass is 9.73. The maximum absolute atomic E-state index is 13.5. The van der Waals surface area contributed by atoms with Crippen molar-refractivity contribution >= 4 is 18.7 Å². The van der Waals surface area contributed by atoms with Crippen molar-refractivity contribution in [3.8, 4) is 5.75 Å². The van der Waals surface area contributed by atoms with Crippen LogP contribution in [0.3, 0.4) is 0 Å². The first-order valence-corrected chi connectivity index (χ1v) is 12.8. The zero-order chi connectivity index (χ0) is 22.7. The zero-order valence-electron chi connectivity index (χ0n) is 19.1. The minimum atomic E-state index is -3.75. The number of fused-ring (bicyclic) bond motifs is 4. The van der Waals surface area contributed by atoms with Gasteiger partial charge in [0.25, 0.3) is 0 Å². The maximum atomic E-state index is 13.5. The monoisotopic (exact) mass is 460 g/mol. The van der Waals surface area contributed by atoms with Gasteiger partial charge in [-0.25, -0.2) is 4.57 Å². The molecule has 3 aliphatic rings. The van der Waals surface area contributed by atoms with Crippen molar-refractivity contribution in [1.29, 1.82) is 0 Å². The van der Waals surface area contributed by atoms with Crippen LogP contribution in [0.15, 0.2) is 43.1 Å². The number of rotatable bonds is 10. The summed E-state index contributed by atoms with van der Waals surface area (Å²) in [5.41, 5.74) is 1.75. The van der Waals surface area contributed by atoms with Gasteiger partial charge in [0.05, 0.1) is 25.8 Å². The molecule has 0 amide bonds. The van der Waals surface area contributed by atoms with E-state index in [1.165, 1.54) is 0 Å². The Bertz CT molecular complexity index is 990. The molecule has 3 aliphatic heterocycles. The van der Waals surface area contributed by atoms with Gasteiger partial charge in [0.1, 0.15) is 11.9 Å². The molecular weight excluding hydrogens is 427 g/mol. The Hall–Kier alpha value is -1.76. The Labute approximate surface area is 190 Å². The Kier molecular flexibility index (Phi) is 7.33. The second-order valence-electron chi connectivity index (χ2n) is 8.34. The molecule has 5 atom stereocenters. The van der Waals surface area contributed by atoms with Crippen molar-refractivity contribution in [2.75, 3.05) is 33.4 Å². The number of ether oxygens (including phenoxy) is 1. The summed E-state index contributed by atoms with van der Waals surface area (Å²) in [7, 11) is -2.10. The lowest BCUT2D eigenvalue weighted by molar-refractivity contribution is -0.0478. The van der Waals surface area contributed by atoms with E-state index in [1.807, 2.05) is 24.3 Å². The zero-order valence-corrected chi connectivity index (χ0v) is 20.0. The van der Waals surface area contributed by atoms with Crippen LogP contribution < -0.4 is 4.74 Å². The molecule has 0 saturated carbocycles. The minimum Gasteiger partial charge on any atom is -0.497 e. The Morgan fingerprint density at radius 2 is 2.06 bits per heavy atom. The first-order chi connectivity index (χ1) is 15.5. The molecule has 0 radical (unpaired) electrons. The van der Waals surface area contributed by atoms with Gasteiger partial charge in [-0.1, -0.05) is 6.08 Å². The molecule has 2 aromatic rings. The van der Waals surface area contributed by atoms with Crippen molar-refractivity contribution in [2.45, 2.75) is 38.8 Å². The van der Waals surface area contributed by atoms with Crippen LogP contribution >= 0.6 is 7.82 Å². The van der Waals surface area contributed by atoms with E-state index in [-0.39, 0.29) is 19.3 Å². The fourth-order valence-corrected chi connectivity index (χ4v) is 6.46. The van der Waals surface area contributed by atoms with Crippen molar-refractivity contribution in [3.63, 3.8) is 0 Å². The van der Waals surface area contributed by atoms with Crippen LogP contribution in [0, 0.1) is 11.8 Å². The van der Waals surface area contributed by atoms with Gasteiger partial charge in [0, 0.05) is 24.2 Å². The van der Waals surface area contributed by atoms with E-state index in [9.17, 15) is 4.57 Å². The summed E-state index contributed by atoms with van der Waals surface area (Å²) in [5, 5.41) is 0.916. The predicted molar refractivity (Wildman–Crippen MR) is 125 cm³/mol. The Morgan fingerprint density at radius 1 is 1.28 bits per heavy atom. The average molecular weight is 461 g/mol. The van der Waals surface area contributed by atoms with Crippen LogP contribution in [0.25, 0.3) is 10.9 Å². The van der Waals surface area contributed by atoms with Crippen LogP contribution in [-0.2, 0) is 18.1 Å². The molecule has 2 bridgehead atoms. The quantitative estimate of drug-likeness (QED) is 0.348.